The third-order valence-electron chi connectivity index (χ3n) is 4.50. The Morgan fingerprint density at radius 2 is 1.91 bits per heavy atom. The number of benzene rings is 1. The number of rotatable bonds is 5. The smallest absolute Gasteiger partial charge is 0.355 e. The van der Waals surface area contributed by atoms with E-state index in [1.165, 1.54) is 44.4 Å². The number of carbonyl (C=O) groups is 2. The molecule has 0 unspecified atom stereocenters. The zero-order valence-corrected chi connectivity index (χ0v) is 20.6. The lowest BCUT2D eigenvalue weighted by Gasteiger charge is -2.17. The van der Waals surface area contributed by atoms with E-state index in [4.69, 9.17) is 23.2 Å². The fourth-order valence-corrected chi connectivity index (χ4v) is 3.87. The molecule has 0 aliphatic heterocycles. The summed E-state index contributed by atoms with van der Waals surface area (Å²) in [6.45, 7) is 1.50. The van der Waals surface area contributed by atoms with Crippen molar-refractivity contribution < 1.29 is 22.8 Å². The highest BCUT2D eigenvalue weighted by Crippen LogP contribution is 2.32. The van der Waals surface area contributed by atoms with Crippen LogP contribution in [0.15, 0.2) is 46.7 Å². The van der Waals surface area contributed by atoms with E-state index in [9.17, 15) is 22.8 Å². The highest BCUT2D eigenvalue weighted by atomic mass is 79.9. The van der Waals surface area contributed by atoms with Crippen LogP contribution in [0.3, 0.4) is 0 Å². The molecule has 0 bridgehead atoms. The number of anilines is 1. The van der Waals surface area contributed by atoms with Crippen molar-refractivity contribution >= 4 is 62.7 Å². The van der Waals surface area contributed by atoms with Crippen molar-refractivity contribution in [3.63, 3.8) is 0 Å². The molecule has 178 valence electrons. The summed E-state index contributed by atoms with van der Waals surface area (Å²) in [6, 6.07) is 6.97. The van der Waals surface area contributed by atoms with E-state index in [0.717, 1.165) is 4.68 Å². The number of amides is 2. The third-order valence-corrected chi connectivity index (χ3v) is 5.40. The molecule has 2 heterocycles. The van der Waals surface area contributed by atoms with E-state index in [2.05, 4.69) is 36.6 Å². The summed E-state index contributed by atoms with van der Waals surface area (Å²) in [6.07, 6.45) is -3.04. The molecule has 7 nitrogen and oxygen atoms in total. The first-order valence-electron chi connectivity index (χ1n) is 9.41. The molecule has 0 saturated heterocycles. The average Bonchev–Trinajstić information content (AvgIpc) is 3.12. The molecule has 2 N–H and O–H groups in total. The molecule has 0 spiro atoms. The Labute approximate surface area is 210 Å². The molecule has 3 rings (SSSR count). The SMILES string of the molecule is CNC(=O)c1cc(Cl)cc(C)c1NC(=O)/C(=C/c1cc(Br)nn1-c1ncccc1Cl)C(F)(F)F. The molecule has 0 aliphatic rings. The summed E-state index contributed by atoms with van der Waals surface area (Å²) in [4.78, 5) is 29.1. The van der Waals surface area contributed by atoms with Crippen molar-refractivity contribution in [2.24, 2.45) is 0 Å². The van der Waals surface area contributed by atoms with E-state index in [0.29, 0.717) is 11.6 Å². The number of aromatic nitrogens is 3. The van der Waals surface area contributed by atoms with Crippen molar-refractivity contribution in [3.05, 3.63) is 73.6 Å². The van der Waals surface area contributed by atoms with Gasteiger partial charge in [-0.1, -0.05) is 23.2 Å². The molecule has 1 aromatic carbocycles. The number of hydrogen-bond acceptors (Lipinski definition) is 4. The molecule has 2 aromatic heterocycles. The molecule has 0 radical (unpaired) electrons. The van der Waals surface area contributed by atoms with E-state index < -0.39 is 23.6 Å². The zero-order chi connectivity index (χ0) is 25.2. The highest BCUT2D eigenvalue weighted by molar-refractivity contribution is 9.10. The molecule has 13 heteroatoms. The quantitative estimate of drug-likeness (QED) is 0.388. The maximum atomic E-state index is 14.0. The second-order valence-corrected chi connectivity index (χ2v) is 8.50. The van der Waals surface area contributed by atoms with Gasteiger partial charge in [-0.05, 0) is 64.8 Å². The minimum absolute atomic E-state index is 0.0681. The summed E-state index contributed by atoms with van der Waals surface area (Å²) in [5.41, 5.74) is -1.55. The van der Waals surface area contributed by atoms with E-state index >= 15 is 0 Å². The minimum atomic E-state index is -5.05. The number of nitrogens with one attached hydrogen (secondary N) is 2. The molecule has 34 heavy (non-hydrogen) atoms. The summed E-state index contributed by atoms with van der Waals surface area (Å²) in [7, 11) is 1.34. The third kappa shape index (κ3) is 5.60. The summed E-state index contributed by atoms with van der Waals surface area (Å²) >= 11 is 15.2. The predicted molar refractivity (Wildman–Crippen MR) is 126 cm³/mol. The summed E-state index contributed by atoms with van der Waals surface area (Å²) < 4.78 is 43.1. The first-order chi connectivity index (χ1) is 15.9. The van der Waals surface area contributed by atoms with Crippen LogP contribution in [-0.4, -0.2) is 39.8 Å². The average molecular weight is 577 g/mol. The van der Waals surface area contributed by atoms with Gasteiger partial charge in [0.05, 0.1) is 22.0 Å². The van der Waals surface area contributed by atoms with Crippen LogP contribution in [-0.2, 0) is 4.79 Å². The molecule has 2 amide bonds. The van der Waals surface area contributed by atoms with Gasteiger partial charge in [-0.3, -0.25) is 9.59 Å². The summed E-state index contributed by atoms with van der Waals surface area (Å²) in [5, 5.41) is 8.94. The van der Waals surface area contributed by atoms with Gasteiger partial charge in [0.25, 0.3) is 11.8 Å². The van der Waals surface area contributed by atoms with Gasteiger partial charge in [-0.15, -0.1) is 0 Å². The predicted octanol–water partition coefficient (Wildman–Crippen LogP) is 5.59. The van der Waals surface area contributed by atoms with Gasteiger partial charge in [-0.2, -0.15) is 18.3 Å². The first-order valence-corrected chi connectivity index (χ1v) is 11.0. The Hall–Kier alpha value is -2.89. The number of alkyl halides is 3. The number of pyridine rings is 1. The van der Waals surface area contributed by atoms with Gasteiger partial charge in [-0.25, -0.2) is 9.67 Å². The van der Waals surface area contributed by atoms with Crippen molar-refractivity contribution in [3.8, 4) is 5.82 Å². The van der Waals surface area contributed by atoms with Gasteiger partial charge >= 0.3 is 6.18 Å². The second kappa shape index (κ2) is 10.2. The molecular formula is C21H15BrCl2F3N5O2. The fourth-order valence-electron chi connectivity index (χ4n) is 3.00. The number of nitrogens with zero attached hydrogens (tertiary/aromatic N) is 3. The van der Waals surface area contributed by atoms with Gasteiger partial charge in [0.15, 0.2) is 5.82 Å². The van der Waals surface area contributed by atoms with Crippen molar-refractivity contribution in [1.82, 2.24) is 20.1 Å². The van der Waals surface area contributed by atoms with E-state index in [1.807, 2.05) is 0 Å². The monoisotopic (exact) mass is 575 g/mol. The van der Waals surface area contributed by atoms with Crippen molar-refractivity contribution in [2.45, 2.75) is 13.1 Å². The Balaban J connectivity index is 2.11. The second-order valence-electron chi connectivity index (χ2n) is 6.85. The minimum Gasteiger partial charge on any atom is -0.355 e. The molecule has 0 saturated carbocycles. The molecular weight excluding hydrogens is 562 g/mol. The van der Waals surface area contributed by atoms with Crippen LogP contribution in [0, 0.1) is 6.92 Å². The number of carbonyl (C=O) groups excluding carboxylic acids is 2. The largest absolute Gasteiger partial charge is 0.421 e. The Morgan fingerprint density at radius 3 is 2.53 bits per heavy atom. The van der Waals surface area contributed by atoms with Crippen molar-refractivity contribution in [1.29, 1.82) is 0 Å². The number of hydrogen-bond donors (Lipinski definition) is 2. The van der Waals surface area contributed by atoms with Crippen LogP contribution < -0.4 is 10.6 Å². The lowest BCUT2D eigenvalue weighted by atomic mass is 10.1. The van der Waals surface area contributed by atoms with E-state index in [-0.39, 0.29) is 37.4 Å². The molecule has 0 aliphatic carbocycles. The standard InChI is InChI=1S/C21H15BrCl2F3N5O2/c1-10-6-11(23)7-13(19(33)28-2)17(10)30-20(34)14(21(25,26)27)8-12-9-16(22)31-32(12)18-15(24)4-3-5-29-18/h3-9H,1-2H3,(H,28,33)(H,30,34)/b14-8-. The van der Waals surface area contributed by atoms with Gasteiger partial charge in [0.1, 0.15) is 10.2 Å². The van der Waals surface area contributed by atoms with E-state index in [1.54, 1.807) is 6.07 Å². The fraction of sp³-hybridized carbons (Fsp3) is 0.143. The molecule has 3 aromatic rings. The Bertz CT molecular complexity index is 1310. The lowest BCUT2D eigenvalue weighted by Crippen LogP contribution is -2.28. The number of aryl methyl sites for hydroxylation is 1. The first kappa shape index (κ1) is 25.7. The normalized spacial score (nSPS) is 11.9. The topological polar surface area (TPSA) is 88.9 Å². The number of halogens is 6. The van der Waals surface area contributed by atoms with Crippen LogP contribution >= 0.6 is 39.1 Å². The van der Waals surface area contributed by atoms with Crippen LogP contribution in [0.5, 0.6) is 0 Å². The van der Waals surface area contributed by atoms with Gasteiger partial charge in [0.2, 0.25) is 0 Å². The maximum absolute atomic E-state index is 14.0. The van der Waals surface area contributed by atoms with Gasteiger partial charge < -0.3 is 10.6 Å². The summed E-state index contributed by atoms with van der Waals surface area (Å²) in [5.74, 6) is -2.05. The lowest BCUT2D eigenvalue weighted by molar-refractivity contribution is -0.126. The van der Waals surface area contributed by atoms with Crippen molar-refractivity contribution in [2.75, 3.05) is 12.4 Å². The molecule has 0 fully saturated rings. The van der Waals surface area contributed by atoms with Crippen LogP contribution in [0.2, 0.25) is 10.0 Å². The van der Waals surface area contributed by atoms with Crippen LogP contribution in [0.4, 0.5) is 18.9 Å². The van der Waals surface area contributed by atoms with Crippen LogP contribution in [0.25, 0.3) is 11.9 Å². The zero-order valence-electron chi connectivity index (χ0n) is 17.5. The molecule has 0 atom stereocenters. The Kier molecular flexibility index (Phi) is 7.69. The highest BCUT2D eigenvalue weighted by Gasteiger charge is 2.39. The maximum Gasteiger partial charge on any atom is 0.421 e. The van der Waals surface area contributed by atoms with Gasteiger partial charge in [0, 0.05) is 18.3 Å². The van der Waals surface area contributed by atoms with Crippen LogP contribution in [0.1, 0.15) is 21.6 Å². The Morgan fingerprint density at radius 1 is 1.21 bits per heavy atom.